The molecule has 1 aromatic rings. The number of amides is 1. The van der Waals surface area contributed by atoms with E-state index in [0.29, 0.717) is 11.5 Å². The molecule has 0 spiro atoms. The van der Waals surface area contributed by atoms with Crippen LogP contribution in [-0.2, 0) is 11.2 Å². The van der Waals surface area contributed by atoms with Crippen LogP contribution in [0, 0.1) is 18.3 Å². The van der Waals surface area contributed by atoms with Crippen LogP contribution in [0.1, 0.15) is 17.5 Å². The van der Waals surface area contributed by atoms with Crippen LogP contribution in [0.3, 0.4) is 0 Å². The molecule has 3 nitrogen and oxygen atoms in total. The normalized spacial score (nSPS) is 13.8. The molecule has 0 bridgehead atoms. The second-order valence-electron chi connectivity index (χ2n) is 4.49. The van der Waals surface area contributed by atoms with Crippen LogP contribution in [0.15, 0.2) is 16.6 Å². The number of fused-ring (bicyclic) bond motifs is 1. The second-order valence-corrected chi connectivity index (χ2v) is 6.33. The van der Waals surface area contributed by atoms with Crippen molar-refractivity contribution in [3.8, 4) is 6.07 Å². The lowest BCUT2D eigenvalue weighted by Crippen LogP contribution is -2.37. The molecule has 0 saturated carbocycles. The number of carbonyl (C=O) groups is 1. The number of nitriles is 1. The van der Waals surface area contributed by atoms with Gasteiger partial charge in [-0.05, 0) is 37.0 Å². The summed E-state index contributed by atoms with van der Waals surface area (Å²) in [6.45, 7) is 2.82. The fourth-order valence-electron chi connectivity index (χ4n) is 2.38. The van der Waals surface area contributed by atoms with Gasteiger partial charge in [0, 0.05) is 11.0 Å². The van der Waals surface area contributed by atoms with Gasteiger partial charge in [0.05, 0.1) is 23.3 Å². The van der Waals surface area contributed by atoms with Crippen LogP contribution in [0.2, 0.25) is 0 Å². The van der Waals surface area contributed by atoms with Crippen molar-refractivity contribution in [2.75, 3.05) is 23.0 Å². The van der Waals surface area contributed by atoms with Crippen LogP contribution in [0.5, 0.6) is 0 Å². The van der Waals surface area contributed by atoms with Crippen LogP contribution < -0.4 is 4.90 Å². The van der Waals surface area contributed by atoms with Gasteiger partial charge in [-0.1, -0.05) is 22.0 Å². The van der Waals surface area contributed by atoms with E-state index in [0.717, 1.165) is 35.1 Å². The minimum Gasteiger partial charge on any atom is -0.311 e. The summed E-state index contributed by atoms with van der Waals surface area (Å²) in [6, 6.07) is 6.14. The summed E-state index contributed by atoms with van der Waals surface area (Å²) >= 11 is 4.95. The van der Waals surface area contributed by atoms with Gasteiger partial charge in [0.25, 0.3) is 0 Å². The van der Waals surface area contributed by atoms with Crippen molar-refractivity contribution in [1.82, 2.24) is 0 Å². The molecular weight excluding hydrogens is 324 g/mol. The Morgan fingerprint density at radius 2 is 2.37 bits per heavy atom. The number of rotatable bonds is 3. The van der Waals surface area contributed by atoms with Gasteiger partial charge in [-0.15, -0.1) is 11.8 Å². The summed E-state index contributed by atoms with van der Waals surface area (Å²) in [6.07, 6.45) is 2.00. The van der Waals surface area contributed by atoms with Gasteiger partial charge in [-0.25, -0.2) is 0 Å². The van der Waals surface area contributed by atoms with Crippen LogP contribution in [0.25, 0.3) is 0 Å². The number of carbonyl (C=O) groups excluding carboxylic acids is 1. The highest BCUT2D eigenvalue weighted by atomic mass is 79.9. The minimum absolute atomic E-state index is 0.0994. The Bertz CT molecular complexity index is 539. The Kier molecular flexibility index (Phi) is 4.89. The van der Waals surface area contributed by atoms with Gasteiger partial charge < -0.3 is 4.90 Å². The Morgan fingerprint density at radius 1 is 1.58 bits per heavy atom. The standard InChI is InChI=1S/C14H15BrN2OS/c1-10-4-5-12(15)11-3-2-7-17(14(10)11)13(18)9-19-8-6-16/h4-5H,2-3,7-9H2,1H3. The topological polar surface area (TPSA) is 44.1 Å². The van der Waals surface area contributed by atoms with Crippen molar-refractivity contribution < 1.29 is 4.79 Å². The summed E-state index contributed by atoms with van der Waals surface area (Å²) in [5, 5.41) is 8.53. The van der Waals surface area contributed by atoms with Crippen molar-refractivity contribution in [1.29, 1.82) is 5.26 Å². The molecule has 2 rings (SSSR count). The summed E-state index contributed by atoms with van der Waals surface area (Å²) < 4.78 is 1.08. The third-order valence-corrected chi connectivity index (χ3v) is 4.73. The predicted molar refractivity (Wildman–Crippen MR) is 82.5 cm³/mol. The fraction of sp³-hybridized carbons (Fsp3) is 0.429. The van der Waals surface area contributed by atoms with E-state index in [4.69, 9.17) is 5.26 Å². The first-order valence-corrected chi connectivity index (χ1v) is 8.13. The molecule has 5 heteroatoms. The maximum absolute atomic E-state index is 12.3. The lowest BCUT2D eigenvalue weighted by atomic mass is 9.98. The number of nitrogens with zero attached hydrogens (tertiary/aromatic N) is 2. The lowest BCUT2D eigenvalue weighted by Gasteiger charge is -2.31. The lowest BCUT2D eigenvalue weighted by molar-refractivity contribution is -0.116. The maximum Gasteiger partial charge on any atom is 0.237 e. The summed E-state index contributed by atoms with van der Waals surface area (Å²) in [4.78, 5) is 14.2. The Labute approximate surface area is 126 Å². The first-order valence-electron chi connectivity index (χ1n) is 6.18. The highest BCUT2D eigenvalue weighted by molar-refractivity contribution is 9.10. The van der Waals surface area contributed by atoms with Crippen molar-refractivity contribution >= 4 is 39.3 Å². The van der Waals surface area contributed by atoms with Gasteiger partial charge in [0.1, 0.15) is 0 Å². The average molecular weight is 339 g/mol. The van der Waals surface area contributed by atoms with E-state index < -0.39 is 0 Å². The monoisotopic (exact) mass is 338 g/mol. The molecule has 0 atom stereocenters. The molecule has 1 aliphatic heterocycles. The number of hydrogen-bond acceptors (Lipinski definition) is 3. The summed E-state index contributed by atoms with van der Waals surface area (Å²) in [7, 11) is 0. The highest BCUT2D eigenvalue weighted by Gasteiger charge is 2.25. The molecule has 1 aliphatic rings. The summed E-state index contributed by atoms with van der Waals surface area (Å²) in [5.41, 5.74) is 3.42. The maximum atomic E-state index is 12.3. The molecule has 100 valence electrons. The molecule has 19 heavy (non-hydrogen) atoms. The molecule has 0 saturated heterocycles. The van der Waals surface area contributed by atoms with E-state index in [2.05, 4.69) is 22.0 Å². The number of thioether (sulfide) groups is 1. The third kappa shape index (κ3) is 3.13. The smallest absolute Gasteiger partial charge is 0.237 e. The number of anilines is 1. The van der Waals surface area contributed by atoms with E-state index in [-0.39, 0.29) is 5.91 Å². The Balaban J connectivity index is 2.25. The average Bonchev–Trinajstić information content (AvgIpc) is 2.42. The van der Waals surface area contributed by atoms with Crippen molar-refractivity contribution in [3.05, 3.63) is 27.7 Å². The molecule has 0 radical (unpaired) electrons. The zero-order valence-corrected chi connectivity index (χ0v) is 13.2. The van der Waals surface area contributed by atoms with Crippen LogP contribution in [0.4, 0.5) is 5.69 Å². The molecule has 0 unspecified atom stereocenters. The van der Waals surface area contributed by atoms with E-state index >= 15 is 0 Å². The van der Waals surface area contributed by atoms with Gasteiger partial charge in [-0.2, -0.15) is 5.26 Å². The number of hydrogen-bond donors (Lipinski definition) is 0. The molecule has 1 heterocycles. The second kappa shape index (κ2) is 6.44. The SMILES string of the molecule is Cc1ccc(Br)c2c1N(C(=O)CSCC#N)CCC2. The quantitative estimate of drug-likeness (QED) is 0.794. The Morgan fingerprint density at radius 3 is 3.11 bits per heavy atom. The fourth-order valence-corrected chi connectivity index (χ4v) is 3.42. The van der Waals surface area contributed by atoms with Gasteiger partial charge in [0.15, 0.2) is 0 Å². The van der Waals surface area contributed by atoms with E-state index in [9.17, 15) is 4.79 Å². The largest absolute Gasteiger partial charge is 0.311 e. The van der Waals surface area contributed by atoms with Crippen molar-refractivity contribution in [2.24, 2.45) is 0 Å². The van der Waals surface area contributed by atoms with Gasteiger partial charge >= 0.3 is 0 Å². The third-order valence-electron chi connectivity index (χ3n) is 3.20. The van der Waals surface area contributed by atoms with Crippen molar-refractivity contribution in [3.63, 3.8) is 0 Å². The minimum atomic E-state index is 0.0994. The zero-order valence-electron chi connectivity index (χ0n) is 10.8. The first-order chi connectivity index (χ1) is 9.15. The molecular formula is C14H15BrN2OS. The van der Waals surface area contributed by atoms with Crippen LogP contribution in [-0.4, -0.2) is 24.0 Å². The Hall–Kier alpha value is -0.990. The number of halogens is 1. The zero-order chi connectivity index (χ0) is 13.8. The number of aryl methyl sites for hydroxylation is 1. The molecule has 0 N–H and O–H groups in total. The molecule has 1 aromatic carbocycles. The molecule has 0 aromatic heterocycles. The first kappa shape index (κ1) is 14.4. The van der Waals surface area contributed by atoms with E-state index in [1.54, 1.807) is 0 Å². The molecule has 1 amide bonds. The highest BCUT2D eigenvalue weighted by Crippen LogP contribution is 2.35. The molecule has 0 fully saturated rings. The van der Waals surface area contributed by atoms with E-state index in [1.165, 1.54) is 17.3 Å². The van der Waals surface area contributed by atoms with E-state index in [1.807, 2.05) is 24.0 Å². The van der Waals surface area contributed by atoms with Gasteiger partial charge in [-0.3, -0.25) is 4.79 Å². The predicted octanol–water partition coefficient (Wildman–Crippen LogP) is 3.29. The molecule has 0 aliphatic carbocycles. The van der Waals surface area contributed by atoms with Gasteiger partial charge in [0.2, 0.25) is 5.91 Å². The van der Waals surface area contributed by atoms with Crippen molar-refractivity contribution in [2.45, 2.75) is 19.8 Å². The summed E-state index contributed by atoms with van der Waals surface area (Å²) in [5.74, 6) is 0.838. The number of benzene rings is 1. The van der Waals surface area contributed by atoms with Crippen LogP contribution >= 0.6 is 27.7 Å².